The molecule has 0 radical (unpaired) electrons. The highest BCUT2D eigenvalue weighted by molar-refractivity contribution is 9.10. The number of piperazine rings is 1. The Hall–Kier alpha value is -2.34. The molecule has 1 aliphatic heterocycles. The summed E-state index contributed by atoms with van der Waals surface area (Å²) in [5, 5.41) is 0. The number of hydrogen-bond acceptors (Lipinski definition) is 3. The van der Waals surface area contributed by atoms with Crippen molar-refractivity contribution in [3.8, 4) is 5.75 Å². The SMILES string of the molecule is COc1cccc(C(=O)N2CCN(c3cccc(Br)c3)C(=O)[C@@H]2C)c1. The molecule has 5 nitrogen and oxygen atoms in total. The number of rotatable bonds is 3. The van der Waals surface area contributed by atoms with Crippen molar-refractivity contribution >= 4 is 33.4 Å². The lowest BCUT2D eigenvalue weighted by molar-refractivity contribution is -0.124. The summed E-state index contributed by atoms with van der Waals surface area (Å²) in [5.74, 6) is 0.381. The zero-order valence-electron chi connectivity index (χ0n) is 14.1. The summed E-state index contributed by atoms with van der Waals surface area (Å²) in [6, 6.07) is 14.1. The summed E-state index contributed by atoms with van der Waals surface area (Å²) in [7, 11) is 1.56. The number of methoxy groups -OCH3 is 1. The van der Waals surface area contributed by atoms with Gasteiger partial charge in [-0.3, -0.25) is 9.59 Å². The van der Waals surface area contributed by atoms with E-state index in [2.05, 4.69) is 15.9 Å². The molecule has 1 fully saturated rings. The maximum absolute atomic E-state index is 12.8. The van der Waals surface area contributed by atoms with Crippen LogP contribution in [-0.4, -0.2) is 43.0 Å². The van der Waals surface area contributed by atoms with Crippen LogP contribution >= 0.6 is 15.9 Å². The van der Waals surface area contributed by atoms with E-state index in [1.54, 1.807) is 48.1 Å². The van der Waals surface area contributed by atoms with Gasteiger partial charge in [-0.05, 0) is 43.3 Å². The van der Waals surface area contributed by atoms with Crippen LogP contribution in [0.5, 0.6) is 5.75 Å². The lowest BCUT2D eigenvalue weighted by Gasteiger charge is -2.39. The Morgan fingerprint density at radius 3 is 2.64 bits per heavy atom. The van der Waals surface area contributed by atoms with Gasteiger partial charge in [-0.2, -0.15) is 0 Å². The fraction of sp³-hybridized carbons (Fsp3) is 0.263. The third kappa shape index (κ3) is 3.54. The van der Waals surface area contributed by atoms with Crippen LogP contribution < -0.4 is 9.64 Å². The van der Waals surface area contributed by atoms with Crippen molar-refractivity contribution in [3.63, 3.8) is 0 Å². The molecular formula is C19H19BrN2O3. The van der Waals surface area contributed by atoms with Crippen LogP contribution in [0.1, 0.15) is 17.3 Å². The number of ether oxygens (including phenoxy) is 1. The van der Waals surface area contributed by atoms with Crippen molar-refractivity contribution in [1.29, 1.82) is 0 Å². The number of carbonyl (C=O) groups is 2. The van der Waals surface area contributed by atoms with E-state index in [1.807, 2.05) is 24.3 Å². The maximum atomic E-state index is 12.8. The van der Waals surface area contributed by atoms with E-state index in [4.69, 9.17) is 4.74 Å². The first-order valence-corrected chi connectivity index (χ1v) is 8.82. The van der Waals surface area contributed by atoms with Gasteiger partial charge < -0.3 is 14.5 Å². The predicted molar refractivity (Wildman–Crippen MR) is 100.0 cm³/mol. The lowest BCUT2D eigenvalue weighted by atomic mass is 10.1. The molecule has 0 N–H and O–H groups in total. The van der Waals surface area contributed by atoms with Crippen molar-refractivity contribution in [2.24, 2.45) is 0 Å². The Morgan fingerprint density at radius 1 is 1.16 bits per heavy atom. The number of amides is 2. The molecule has 0 saturated carbocycles. The first kappa shape index (κ1) is 17.5. The number of benzene rings is 2. The monoisotopic (exact) mass is 402 g/mol. The molecule has 0 bridgehead atoms. The molecule has 1 saturated heterocycles. The molecule has 6 heteroatoms. The van der Waals surface area contributed by atoms with Crippen LogP contribution in [-0.2, 0) is 4.79 Å². The van der Waals surface area contributed by atoms with Crippen LogP contribution in [0.3, 0.4) is 0 Å². The molecule has 25 heavy (non-hydrogen) atoms. The van der Waals surface area contributed by atoms with Gasteiger partial charge in [-0.25, -0.2) is 0 Å². The molecule has 0 unspecified atom stereocenters. The third-order valence-corrected chi connectivity index (χ3v) is 4.85. The van der Waals surface area contributed by atoms with Crippen LogP contribution in [0.15, 0.2) is 53.0 Å². The van der Waals surface area contributed by atoms with Crippen molar-refractivity contribution in [2.75, 3.05) is 25.1 Å². The second-order valence-corrected chi connectivity index (χ2v) is 6.79. The zero-order valence-corrected chi connectivity index (χ0v) is 15.7. The Morgan fingerprint density at radius 2 is 1.92 bits per heavy atom. The van der Waals surface area contributed by atoms with E-state index in [1.165, 1.54) is 0 Å². The molecule has 0 spiro atoms. The molecule has 3 rings (SSSR count). The van der Waals surface area contributed by atoms with E-state index in [9.17, 15) is 9.59 Å². The minimum absolute atomic E-state index is 0.0828. The zero-order chi connectivity index (χ0) is 18.0. The Kier molecular flexibility index (Phi) is 5.08. The summed E-state index contributed by atoms with van der Waals surface area (Å²) in [4.78, 5) is 29.0. The second-order valence-electron chi connectivity index (χ2n) is 5.88. The van der Waals surface area contributed by atoms with E-state index >= 15 is 0 Å². The summed E-state index contributed by atoms with van der Waals surface area (Å²) >= 11 is 3.43. The van der Waals surface area contributed by atoms with Gasteiger partial charge >= 0.3 is 0 Å². The first-order valence-electron chi connectivity index (χ1n) is 8.03. The van der Waals surface area contributed by atoms with E-state index < -0.39 is 6.04 Å². The van der Waals surface area contributed by atoms with Crippen LogP contribution in [0.2, 0.25) is 0 Å². The minimum atomic E-state index is -0.522. The standard InChI is InChI=1S/C19H19BrN2O3/c1-13-18(23)22(16-7-4-6-15(20)12-16)10-9-21(13)19(24)14-5-3-8-17(11-14)25-2/h3-8,11-13H,9-10H2,1-2H3/t13-/m0/s1. The quantitative estimate of drug-likeness (QED) is 0.790. The number of halogens is 1. The number of hydrogen-bond donors (Lipinski definition) is 0. The number of anilines is 1. The van der Waals surface area contributed by atoms with Gasteiger partial charge in [-0.15, -0.1) is 0 Å². The molecule has 1 atom stereocenters. The fourth-order valence-corrected chi connectivity index (χ4v) is 3.36. The van der Waals surface area contributed by atoms with Crippen molar-refractivity contribution in [2.45, 2.75) is 13.0 Å². The highest BCUT2D eigenvalue weighted by atomic mass is 79.9. The highest BCUT2D eigenvalue weighted by Crippen LogP contribution is 2.25. The number of carbonyl (C=O) groups excluding carboxylic acids is 2. The first-order chi connectivity index (χ1) is 12.0. The van der Waals surface area contributed by atoms with Gasteiger partial charge in [0.15, 0.2) is 0 Å². The molecule has 130 valence electrons. The Labute approximate surface area is 155 Å². The predicted octanol–water partition coefficient (Wildman–Crippen LogP) is 3.34. The van der Waals surface area contributed by atoms with Crippen LogP contribution in [0.25, 0.3) is 0 Å². The van der Waals surface area contributed by atoms with Crippen LogP contribution in [0, 0.1) is 0 Å². The van der Waals surface area contributed by atoms with Gasteiger partial charge in [0, 0.05) is 28.8 Å². The van der Waals surface area contributed by atoms with Gasteiger partial charge in [0.05, 0.1) is 7.11 Å². The molecule has 2 aromatic carbocycles. The average molecular weight is 403 g/mol. The molecule has 0 aliphatic carbocycles. The number of nitrogens with zero attached hydrogens (tertiary/aromatic N) is 2. The molecule has 0 aromatic heterocycles. The van der Waals surface area contributed by atoms with Crippen molar-refractivity contribution < 1.29 is 14.3 Å². The fourth-order valence-electron chi connectivity index (χ4n) is 2.97. The van der Waals surface area contributed by atoms with E-state index in [0.29, 0.717) is 24.4 Å². The summed E-state index contributed by atoms with van der Waals surface area (Å²) in [5.41, 5.74) is 1.36. The molecular weight excluding hydrogens is 384 g/mol. The summed E-state index contributed by atoms with van der Waals surface area (Å²) in [6.07, 6.45) is 0. The third-order valence-electron chi connectivity index (χ3n) is 4.35. The topological polar surface area (TPSA) is 49.9 Å². The van der Waals surface area contributed by atoms with E-state index in [-0.39, 0.29) is 11.8 Å². The molecule has 2 amide bonds. The second kappa shape index (κ2) is 7.27. The van der Waals surface area contributed by atoms with E-state index in [0.717, 1.165) is 10.2 Å². The summed E-state index contributed by atoms with van der Waals surface area (Å²) < 4.78 is 6.09. The summed E-state index contributed by atoms with van der Waals surface area (Å²) in [6.45, 7) is 2.72. The van der Waals surface area contributed by atoms with Crippen molar-refractivity contribution in [3.05, 3.63) is 58.6 Å². The normalized spacial score (nSPS) is 17.6. The molecule has 1 aliphatic rings. The van der Waals surface area contributed by atoms with Gasteiger partial charge in [0.25, 0.3) is 5.91 Å². The molecule has 2 aromatic rings. The highest BCUT2D eigenvalue weighted by Gasteiger charge is 2.35. The van der Waals surface area contributed by atoms with Crippen molar-refractivity contribution in [1.82, 2.24) is 4.90 Å². The molecule has 1 heterocycles. The minimum Gasteiger partial charge on any atom is -0.497 e. The Balaban J connectivity index is 1.80. The Bertz CT molecular complexity index is 809. The lowest BCUT2D eigenvalue weighted by Crippen LogP contribution is -2.57. The average Bonchev–Trinajstić information content (AvgIpc) is 2.63. The van der Waals surface area contributed by atoms with Gasteiger partial charge in [0.1, 0.15) is 11.8 Å². The largest absolute Gasteiger partial charge is 0.497 e. The van der Waals surface area contributed by atoms with Gasteiger partial charge in [-0.1, -0.05) is 28.1 Å². The maximum Gasteiger partial charge on any atom is 0.254 e. The van der Waals surface area contributed by atoms with Crippen LogP contribution in [0.4, 0.5) is 5.69 Å². The smallest absolute Gasteiger partial charge is 0.254 e. The van der Waals surface area contributed by atoms with Gasteiger partial charge in [0.2, 0.25) is 5.91 Å².